The molecule has 0 radical (unpaired) electrons. The fourth-order valence-corrected chi connectivity index (χ4v) is 2.73. The van der Waals surface area contributed by atoms with E-state index in [1.54, 1.807) is 0 Å². The van der Waals surface area contributed by atoms with Crippen LogP contribution in [0.2, 0.25) is 0 Å². The van der Waals surface area contributed by atoms with E-state index in [2.05, 4.69) is 0 Å². The Balaban J connectivity index is 2.62. The lowest BCUT2D eigenvalue weighted by Gasteiger charge is -2.24. The summed E-state index contributed by atoms with van der Waals surface area (Å²) in [6.07, 6.45) is 1.17. The largest absolute Gasteiger partial charge is 0.481 e. The SMILES string of the molecule is CC(C)[C@H](C[C@H](C)C1C[C@@H](C(C)C)C(=O)O1)C(=O)O. The number of carboxylic acid groups (broad SMARTS) is 1. The summed E-state index contributed by atoms with van der Waals surface area (Å²) in [5, 5.41) is 9.22. The van der Waals surface area contributed by atoms with Crippen LogP contribution in [-0.2, 0) is 14.3 Å². The summed E-state index contributed by atoms with van der Waals surface area (Å²) in [6, 6.07) is 0. The number of hydrogen-bond acceptors (Lipinski definition) is 3. The van der Waals surface area contributed by atoms with Gasteiger partial charge in [-0.2, -0.15) is 0 Å². The van der Waals surface area contributed by atoms with Gasteiger partial charge in [-0.15, -0.1) is 0 Å². The van der Waals surface area contributed by atoms with Gasteiger partial charge in [-0.05, 0) is 30.6 Å². The van der Waals surface area contributed by atoms with Gasteiger partial charge in [0.25, 0.3) is 0 Å². The van der Waals surface area contributed by atoms with Crippen LogP contribution < -0.4 is 0 Å². The maximum absolute atomic E-state index is 11.7. The van der Waals surface area contributed by atoms with Crippen molar-refractivity contribution in [3.05, 3.63) is 0 Å². The molecule has 0 aromatic rings. The second kappa shape index (κ2) is 6.40. The molecule has 1 fully saturated rings. The lowest BCUT2D eigenvalue weighted by atomic mass is 9.82. The molecule has 4 nitrogen and oxygen atoms in total. The van der Waals surface area contributed by atoms with Gasteiger partial charge < -0.3 is 9.84 Å². The number of hydrogen-bond donors (Lipinski definition) is 1. The van der Waals surface area contributed by atoms with E-state index in [9.17, 15) is 14.7 Å². The minimum Gasteiger partial charge on any atom is -0.481 e. The minimum atomic E-state index is -0.758. The molecule has 0 amide bonds. The molecule has 19 heavy (non-hydrogen) atoms. The Morgan fingerprint density at radius 3 is 2.26 bits per heavy atom. The van der Waals surface area contributed by atoms with Gasteiger partial charge >= 0.3 is 11.9 Å². The van der Waals surface area contributed by atoms with E-state index in [0.29, 0.717) is 6.42 Å². The van der Waals surface area contributed by atoms with Crippen molar-refractivity contribution >= 4 is 11.9 Å². The molecule has 4 heteroatoms. The van der Waals surface area contributed by atoms with Crippen LogP contribution in [0.4, 0.5) is 0 Å². The molecular weight excluding hydrogens is 244 g/mol. The molecule has 4 atom stereocenters. The molecule has 0 saturated carbocycles. The van der Waals surface area contributed by atoms with Gasteiger partial charge in [-0.1, -0.05) is 34.6 Å². The standard InChI is InChI=1S/C15H26O4/c1-8(2)11(14(16)17)6-10(5)13-7-12(9(3)4)15(18)19-13/h8-13H,6-7H2,1-5H3,(H,16,17)/t10-,11-,12-,13?/m0/s1. The van der Waals surface area contributed by atoms with Crippen molar-refractivity contribution in [2.75, 3.05) is 0 Å². The van der Waals surface area contributed by atoms with Gasteiger partial charge in [-0.25, -0.2) is 0 Å². The second-order valence-corrected chi connectivity index (χ2v) is 6.46. The number of esters is 1. The third kappa shape index (κ3) is 3.95. The summed E-state index contributed by atoms with van der Waals surface area (Å²) >= 11 is 0. The molecule has 0 spiro atoms. The van der Waals surface area contributed by atoms with E-state index in [1.807, 2.05) is 34.6 Å². The first kappa shape index (κ1) is 16.0. The summed E-state index contributed by atoms with van der Waals surface area (Å²) in [5.41, 5.74) is 0. The van der Waals surface area contributed by atoms with E-state index >= 15 is 0 Å². The Hall–Kier alpha value is -1.06. The van der Waals surface area contributed by atoms with Gasteiger partial charge in [0.05, 0.1) is 11.8 Å². The molecule has 0 aliphatic carbocycles. The maximum Gasteiger partial charge on any atom is 0.309 e. The van der Waals surface area contributed by atoms with Crippen molar-refractivity contribution in [1.82, 2.24) is 0 Å². The van der Waals surface area contributed by atoms with Crippen molar-refractivity contribution in [1.29, 1.82) is 0 Å². The summed E-state index contributed by atoms with van der Waals surface area (Å²) in [7, 11) is 0. The molecule has 1 N–H and O–H groups in total. The van der Waals surface area contributed by atoms with E-state index in [1.165, 1.54) is 0 Å². The highest BCUT2D eigenvalue weighted by molar-refractivity contribution is 5.75. The van der Waals surface area contributed by atoms with Crippen LogP contribution >= 0.6 is 0 Å². The van der Waals surface area contributed by atoms with Crippen LogP contribution in [0.5, 0.6) is 0 Å². The van der Waals surface area contributed by atoms with Crippen LogP contribution in [0.15, 0.2) is 0 Å². The highest BCUT2D eigenvalue weighted by Gasteiger charge is 2.40. The highest BCUT2D eigenvalue weighted by Crippen LogP contribution is 2.34. The molecule has 1 saturated heterocycles. The molecule has 0 bridgehead atoms. The van der Waals surface area contributed by atoms with Crippen molar-refractivity contribution in [2.24, 2.45) is 29.6 Å². The van der Waals surface area contributed by atoms with Crippen LogP contribution in [-0.4, -0.2) is 23.1 Å². The number of carbonyl (C=O) groups excluding carboxylic acids is 1. The summed E-state index contributed by atoms with van der Waals surface area (Å²) in [6.45, 7) is 9.87. The Labute approximate surface area is 115 Å². The smallest absolute Gasteiger partial charge is 0.309 e. The van der Waals surface area contributed by atoms with Crippen LogP contribution in [0.3, 0.4) is 0 Å². The van der Waals surface area contributed by atoms with Gasteiger partial charge in [0.15, 0.2) is 0 Å². The molecule has 1 unspecified atom stereocenters. The predicted molar refractivity (Wildman–Crippen MR) is 72.6 cm³/mol. The summed E-state index contributed by atoms with van der Waals surface area (Å²) < 4.78 is 5.43. The van der Waals surface area contributed by atoms with Gasteiger partial charge in [0, 0.05) is 0 Å². The van der Waals surface area contributed by atoms with Crippen molar-refractivity contribution in [3.8, 4) is 0 Å². The van der Waals surface area contributed by atoms with Gasteiger partial charge in [-0.3, -0.25) is 9.59 Å². The third-order valence-electron chi connectivity index (χ3n) is 4.24. The lowest BCUT2D eigenvalue weighted by molar-refractivity contribution is -0.147. The number of ether oxygens (including phenoxy) is 1. The molecule has 1 aliphatic rings. The van der Waals surface area contributed by atoms with Crippen LogP contribution in [0, 0.1) is 29.6 Å². The van der Waals surface area contributed by atoms with E-state index < -0.39 is 5.97 Å². The summed E-state index contributed by atoms with van der Waals surface area (Å²) in [4.78, 5) is 23.0. The molecule has 110 valence electrons. The molecular formula is C15H26O4. The lowest BCUT2D eigenvalue weighted by Crippen LogP contribution is -2.27. The second-order valence-electron chi connectivity index (χ2n) is 6.46. The predicted octanol–water partition coefficient (Wildman–Crippen LogP) is 2.96. The van der Waals surface area contributed by atoms with E-state index in [4.69, 9.17) is 4.74 Å². The topological polar surface area (TPSA) is 63.6 Å². The molecule has 0 aromatic heterocycles. The first-order chi connectivity index (χ1) is 8.73. The van der Waals surface area contributed by atoms with Crippen molar-refractivity contribution in [3.63, 3.8) is 0 Å². The average molecular weight is 270 g/mol. The first-order valence-electron chi connectivity index (χ1n) is 7.17. The van der Waals surface area contributed by atoms with E-state index in [0.717, 1.165) is 6.42 Å². The number of aliphatic carboxylic acids is 1. The Morgan fingerprint density at radius 1 is 1.32 bits per heavy atom. The zero-order chi connectivity index (χ0) is 14.7. The zero-order valence-electron chi connectivity index (χ0n) is 12.6. The fraction of sp³-hybridized carbons (Fsp3) is 0.867. The Kier molecular flexibility index (Phi) is 5.39. The van der Waals surface area contributed by atoms with Gasteiger partial charge in [0.1, 0.15) is 6.10 Å². The highest BCUT2D eigenvalue weighted by atomic mass is 16.6. The average Bonchev–Trinajstić information content (AvgIpc) is 2.67. The minimum absolute atomic E-state index is 0.0326. The molecule has 1 heterocycles. The zero-order valence-corrected chi connectivity index (χ0v) is 12.6. The molecule has 1 rings (SSSR count). The number of carboxylic acids is 1. The normalized spacial score (nSPS) is 26.6. The monoisotopic (exact) mass is 270 g/mol. The van der Waals surface area contributed by atoms with Crippen LogP contribution in [0.1, 0.15) is 47.5 Å². The van der Waals surface area contributed by atoms with Crippen molar-refractivity contribution < 1.29 is 19.4 Å². The number of carbonyl (C=O) groups is 2. The quantitative estimate of drug-likeness (QED) is 0.754. The number of rotatable bonds is 6. The Bertz CT molecular complexity index is 335. The fourth-order valence-electron chi connectivity index (χ4n) is 2.73. The summed E-state index contributed by atoms with van der Waals surface area (Å²) in [5.74, 6) is -0.810. The van der Waals surface area contributed by atoms with E-state index in [-0.39, 0.29) is 41.7 Å². The van der Waals surface area contributed by atoms with Crippen LogP contribution in [0.25, 0.3) is 0 Å². The molecule has 1 aliphatic heterocycles. The molecule has 0 aromatic carbocycles. The maximum atomic E-state index is 11.7. The van der Waals surface area contributed by atoms with Crippen molar-refractivity contribution in [2.45, 2.75) is 53.6 Å². The third-order valence-corrected chi connectivity index (χ3v) is 4.24. The Morgan fingerprint density at radius 2 is 1.89 bits per heavy atom. The number of cyclic esters (lactones) is 1. The van der Waals surface area contributed by atoms with Gasteiger partial charge in [0.2, 0.25) is 0 Å². The first-order valence-corrected chi connectivity index (χ1v) is 7.17.